The minimum absolute atomic E-state index is 0.0822. The van der Waals surface area contributed by atoms with E-state index in [1.54, 1.807) is 0 Å². The molecule has 0 unspecified atom stereocenters. The number of likely N-dealkylation sites (tertiary alicyclic amines) is 1. The molecule has 0 spiro atoms. The summed E-state index contributed by atoms with van der Waals surface area (Å²) in [7, 11) is -0.898. The van der Waals surface area contributed by atoms with Gasteiger partial charge in [0, 0.05) is 31.9 Å². The fourth-order valence-corrected chi connectivity index (χ4v) is 4.76. The topological polar surface area (TPSA) is 69.7 Å². The summed E-state index contributed by atoms with van der Waals surface area (Å²) in [5, 5.41) is 2.94. The van der Waals surface area contributed by atoms with Gasteiger partial charge in [0.1, 0.15) is 4.90 Å². The van der Waals surface area contributed by atoms with Crippen molar-refractivity contribution in [3.63, 3.8) is 0 Å². The first-order valence-electron chi connectivity index (χ1n) is 9.62. The third-order valence-electron chi connectivity index (χ3n) is 4.99. The second-order valence-electron chi connectivity index (χ2n) is 7.42. The van der Waals surface area contributed by atoms with E-state index in [9.17, 15) is 13.2 Å². The summed E-state index contributed by atoms with van der Waals surface area (Å²) in [6, 6.07) is 12.0. The van der Waals surface area contributed by atoms with Gasteiger partial charge in [-0.2, -0.15) is 0 Å². The number of hydrogen-bond acceptors (Lipinski definition) is 4. The number of benzene rings is 2. The maximum atomic E-state index is 12.7. The standard InChI is InChI=1S/C21H26ClN3O3S/c1-24(2)29(27,28)20-14-17(9-10-19(20)22)21(26)23-18-8-6-7-16(13-18)15-25-11-4-3-5-12-25/h6-10,13-14H,3-5,11-12,15H2,1-2H3,(H,23,26). The van der Waals surface area contributed by atoms with Gasteiger partial charge >= 0.3 is 0 Å². The van der Waals surface area contributed by atoms with Crippen LogP contribution in [0.15, 0.2) is 47.4 Å². The summed E-state index contributed by atoms with van der Waals surface area (Å²) in [6.45, 7) is 3.06. The van der Waals surface area contributed by atoms with Gasteiger partial charge in [-0.05, 0) is 61.8 Å². The van der Waals surface area contributed by atoms with Gasteiger partial charge in [0.25, 0.3) is 5.91 Å². The average Bonchev–Trinajstić information content (AvgIpc) is 2.69. The molecule has 6 nitrogen and oxygen atoms in total. The molecule has 1 heterocycles. The molecule has 0 radical (unpaired) electrons. The molecule has 1 fully saturated rings. The minimum Gasteiger partial charge on any atom is -0.322 e. The van der Waals surface area contributed by atoms with Gasteiger partial charge in [0.05, 0.1) is 5.02 Å². The second-order valence-corrected chi connectivity index (χ2v) is 9.95. The highest BCUT2D eigenvalue weighted by Gasteiger charge is 2.22. The second kappa shape index (κ2) is 9.26. The molecule has 0 atom stereocenters. The lowest BCUT2D eigenvalue weighted by Crippen LogP contribution is -2.29. The zero-order valence-electron chi connectivity index (χ0n) is 16.7. The zero-order valence-corrected chi connectivity index (χ0v) is 18.3. The van der Waals surface area contributed by atoms with Crippen molar-refractivity contribution in [2.45, 2.75) is 30.7 Å². The Kier molecular flexibility index (Phi) is 6.95. The summed E-state index contributed by atoms with van der Waals surface area (Å²) < 4.78 is 25.9. The van der Waals surface area contributed by atoms with Crippen molar-refractivity contribution in [1.29, 1.82) is 0 Å². The van der Waals surface area contributed by atoms with Gasteiger partial charge in [-0.1, -0.05) is 30.2 Å². The quantitative estimate of drug-likeness (QED) is 0.748. The number of anilines is 1. The molecule has 0 bridgehead atoms. The van der Waals surface area contributed by atoms with Crippen LogP contribution in [0.5, 0.6) is 0 Å². The first-order valence-corrected chi connectivity index (χ1v) is 11.4. The molecule has 0 saturated carbocycles. The van der Waals surface area contributed by atoms with E-state index in [1.807, 2.05) is 24.3 Å². The number of piperidine rings is 1. The van der Waals surface area contributed by atoms with Crippen LogP contribution in [0.25, 0.3) is 0 Å². The fourth-order valence-electron chi connectivity index (χ4n) is 3.37. The van der Waals surface area contributed by atoms with Gasteiger partial charge in [0.15, 0.2) is 0 Å². The van der Waals surface area contributed by atoms with Crippen LogP contribution >= 0.6 is 11.6 Å². The maximum Gasteiger partial charge on any atom is 0.255 e. The molecule has 156 valence electrons. The van der Waals surface area contributed by atoms with Crippen LogP contribution < -0.4 is 5.32 Å². The SMILES string of the molecule is CN(C)S(=O)(=O)c1cc(C(=O)Nc2cccc(CN3CCCCC3)c2)ccc1Cl. The Labute approximate surface area is 177 Å². The van der Waals surface area contributed by atoms with Crippen LogP contribution in [0.4, 0.5) is 5.69 Å². The van der Waals surface area contributed by atoms with E-state index in [0.717, 1.165) is 29.5 Å². The van der Waals surface area contributed by atoms with Gasteiger partial charge < -0.3 is 5.32 Å². The van der Waals surface area contributed by atoms with E-state index in [-0.39, 0.29) is 21.4 Å². The largest absolute Gasteiger partial charge is 0.322 e. The summed E-state index contributed by atoms with van der Waals surface area (Å²) in [5.41, 5.74) is 2.05. The lowest BCUT2D eigenvalue weighted by Gasteiger charge is -2.26. The zero-order chi connectivity index (χ0) is 21.0. The van der Waals surface area contributed by atoms with Gasteiger partial charge in [-0.15, -0.1) is 0 Å². The summed E-state index contributed by atoms with van der Waals surface area (Å²) in [5.74, 6) is -0.382. The number of rotatable bonds is 6. The number of nitrogens with zero attached hydrogens (tertiary/aromatic N) is 2. The van der Waals surface area contributed by atoms with Crippen molar-refractivity contribution >= 4 is 33.2 Å². The molecule has 0 aromatic heterocycles. The number of sulfonamides is 1. The van der Waals surface area contributed by atoms with Crippen molar-refractivity contribution in [3.05, 3.63) is 58.6 Å². The molecule has 29 heavy (non-hydrogen) atoms. The fraction of sp³-hybridized carbons (Fsp3) is 0.381. The Morgan fingerprint density at radius 3 is 2.52 bits per heavy atom. The lowest BCUT2D eigenvalue weighted by molar-refractivity contribution is 0.102. The molecule has 0 aliphatic carbocycles. The highest BCUT2D eigenvalue weighted by molar-refractivity contribution is 7.89. The molecular formula is C21H26ClN3O3S. The summed E-state index contributed by atoms with van der Waals surface area (Å²) in [6.07, 6.45) is 3.75. The molecule has 2 aromatic rings. The number of carbonyl (C=O) groups excluding carboxylic acids is 1. The monoisotopic (exact) mass is 435 g/mol. The van der Waals surface area contributed by atoms with Gasteiger partial charge in [0.2, 0.25) is 10.0 Å². The molecule has 1 aliphatic heterocycles. The van der Waals surface area contributed by atoms with Crippen molar-refractivity contribution < 1.29 is 13.2 Å². The third kappa shape index (κ3) is 5.36. The van der Waals surface area contributed by atoms with E-state index in [4.69, 9.17) is 11.6 Å². The van der Waals surface area contributed by atoms with Crippen LogP contribution in [0.3, 0.4) is 0 Å². The lowest BCUT2D eigenvalue weighted by atomic mass is 10.1. The van der Waals surface area contributed by atoms with Gasteiger partial charge in [-0.25, -0.2) is 12.7 Å². The maximum absolute atomic E-state index is 12.7. The molecular weight excluding hydrogens is 410 g/mol. The Morgan fingerprint density at radius 1 is 1.10 bits per heavy atom. The van der Waals surface area contributed by atoms with Crippen molar-refractivity contribution in [2.75, 3.05) is 32.5 Å². The van der Waals surface area contributed by atoms with Crippen LogP contribution in [-0.4, -0.2) is 50.7 Å². The van der Waals surface area contributed by atoms with Crippen LogP contribution in [0.2, 0.25) is 5.02 Å². The molecule has 1 aliphatic rings. The first-order chi connectivity index (χ1) is 13.8. The Hall–Kier alpha value is -1.93. The highest BCUT2D eigenvalue weighted by Crippen LogP contribution is 2.25. The summed E-state index contributed by atoms with van der Waals surface area (Å²) >= 11 is 6.06. The predicted molar refractivity (Wildman–Crippen MR) is 116 cm³/mol. The Morgan fingerprint density at radius 2 is 1.83 bits per heavy atom. The van der Waals surface area contributed by atoms with E-state index < -0.39 is 10.0 Å². The van der Waals surface area contributed by atoms with E-state index in [0.29, 0.717) is 5.69 Å². The van der Waals surface area contributed by atoms with E-state index >= 15 is 0 Å². The third-order valence-corrected chi connectivity index (χ3v) is 7.29. The Balaban J connectivity index is 1.76. The Bertz CT molecular complexity index is 986. The molecule has 2 aromatic carbocycles. The molecule has 1 amide bonds. The number of hydrogen-bond donors (Lipinski definition) is 1. The van der Waals surface area contributed by atoms with Crippen LogP contribution in [0.1, 0.15) is 35.2 Å². The number of carbonyl (C=O) groups is 1. The number of nitrogens with one attached hydrogen (secondary N) is 1. The van der Waals surface area contributed by atoms with Crippen molar-refractivity contribution in [2.24, 2.45) is 0 Å². The normalized spacial score (nSPS) is 15.4. The van der Waals surface area contributed by atoms with Crippen molar-refractivity contribution in [3.8, 4) is 0 Å². The molecule has 1 saturated heterocycles. The van der Waals surface area contributed by atoms with Crippen LogP contribution in [0, 0.1) is 0 Å². The van der Waals surface area contributed by atoms with Gasteiger partial charge in [-0.3, -0.25) is 9.69 Å². The smallest absolute Gasteiger partial charge is 0.255 e. The highest BCUT2D eigenvalue weighted by atomic mass is 35.5. The minimum atomic E-state index is -3.74. The predicted octanol–water partition coefficient (Wildman–Crippen LogP) is 3.83. The number of amides is 1. The van der Waals surface area contributed by atoms with E-state index in [2.05, 4.69) is 10.2 Å². The molecule has 1 N–H and O–H groups in total. The molecule has 8 heteroatoms. The first kappa shape index (κ1) is 21.8. The van der Waals surface area contributed by atoms with Crippen LogP contribution in [-0.2, 0) is 16.6 Å². The van der Waals surface area contributed by atoms with Crippen molar-refractivity contribution in [1.82, 2.24) is 9.21 Å². The van der Waals surface area contributed by atoms with E-state index in [1.165, 1.54) is 51.6 Å². The average molecular weight is 436 g/mol. The number of halogens is 1. The molecule has 3 rings (SSSR count). The summed E-state index contributed by atoms with van der Waals surface area (Å²) in [4.78, 5) is 15.0.